The Morgan fingerprint density at radius 2 is 2.06 bits per heavy atom. The average molecular weight is 249 g/mol. The molecule has 0 aromatic heterocycles. The molecule has 1 aliphatic heterocycles. The first-order chi connectivity index (χ1) is 8.40. The number of para-hydroxylation sites is 1. The standard InChI is InChI=1S/C14H19NOS/c1-16-14-7-3-2-5-13(14)6-4-8-15-9-11-17-12-10-15/h2-7H,8-12H2,1H3. The van der Waals surface area contributed by atoms with Crippen molar-refractivity contribution in [1.29, 1.82) is 0 Å². The van der Waals surface area contributed by atoms with Gasteiger partial charge in [0.1, 0.15) is 5.75 Å². The number of hydrogen-bond acceptors (Lipinski definition) is 3. The van der Waals surface area contributed by atoms with Gasteiger partial charge in [-0.2, -0.15) is 11.8 Å². The van der Waals surface area contributed by atoms with Gasteiger partial charge < -0.3 is 4.74 Å². The largest absolute Gasteiger partial charge is 0.496 e. The molecule has 92 valence electrons. The minimum atomic E-state index is 0.943. The summed E-state index contributed by atoms with van der Waals surface area (Å²) in [6, 6.07) is 8.12. The number of hydrogen-bond donors (Lipinski definition) is 0. The molecule has 17 heavy (non-hydrogen) atoms. The first kappa shape index (κ1) is 12.5. The average Bonchev–Trinajstić information content (AvgIpc) is 2.40. The smallest absolute Gasteiger partial charge is 0.126 e. The Morgan fingerprint density at radius 1 is 1.29 bits per heavy atom. The van der Waals surface area contributed by atoms with Crippen LogP contribution < -0.4 is 4.74 Å². The second kappa shape index (κ2) is 6.72. The Hall–Kier alpha value is -0.930. The highest BCUT2D eigenvalue weighted by molar-refractivity contribution is 7.99. The predicted octanol–water partition coefficient (Wildman–Crippen LogP) is 2.76. The number of nitrogens with zero attached hydrogens (tertiary/aromatic N) is 1. The van der Waals surface area contributed by atoms with Gasteiger partial charge in [-0.05, 0) is 6.07 Å². The number of methoxy groups -OCH3 is 1. The highest BCUT2D eigenvalue weighted by Crippen LogP contribution is 2.18. The fraction of sp³-hybridized carbons (Fsp3) is 0.429. The summed E-state index contributed by atoms with van der Waals surface area (Å²) in [7, 11) is 1.72. The Bertz CT molecular complexity index is 372. The van der Waals surface area contributed by atoms with E-state index in [0.29, 0.717) is 0 Å². The summed E-state index contributed by atoms with van der Waals surface area (Å²) < 4.78 is 5.32. The topological polar surface area (TPSA) is 12.5 Å². The van der Waals surface area contributed by atoms with Gasteiger partial charge >= 0.3 is 0 Å². The maximum atomic E-state index is 5.32. The van der Waals surface area contributed by atoms with E-state index in [-0.39, 0.29) is 0 Å². The molecule has 2 rings (SSSR count). The van der Waals surface area contributed by atoms with E-state index >= 15 is 0 Å². The first-order valence-electron chi connectivity index (χ1n) is 6.00. The van der Waals surface area contributed by atoms with Gasteiger partial charge in [0.2, 0.25) is 0 Å². The van der Waals surface area contributed by atoms with Crippen molar-refractivity contribution < 1.29 is 4.74 Å². The van der Waals surface area contributed by atoms with Crippen molar-refractivity contribution >= 4 is 17.8 Å². The van der Waals surface area contributed by atoms with Crippen LogP contribution in [-0.4, -0.2) is 43.1 Å². The van der Waals surface area contributed by atoms with Crippen LogP contribution in [0.1, 0.15) is 5.56 Å². The SMILES string of the molecule is COc1ccccc1C=CCN1CCSCC1. The van der Waals surface area contributed by atoms with Gasteiger partial charge in [0.15, 0.2) is 0 Å². The van der Waals surface area contributed by atoms with Gasteiger partial charge in [-0.25, -0.2) is 0 Å². The predicted molar refractivity (Wildman–Crippen MR) is 75.8 cm³/mol. The highest BCUT2D eigenvalue weighted by atomic mass is 32.2. The van der Waals surface area contributed by atoms with Gasteiger partial charge in [0, 0.05) is 36.7 Å². The molecule has 0 aliphatic carbocycles. The van der Waals surface area contributed by atoms with E-state index < -0.39 is 0 Å². The van der Waals surface area contributed by atoms with E-state index in [1.54, 1.807) is 7.11 Å². The van der Waals surface area contributed by atoms with E-state index in [2.05, 4.69) is 23.1 Å². The van der Waals surface area contributed by atoms with Crippen molar-refractivity contribution in [3.8, 4) is 5.75 Å². The van der Waals surface area contributed by atoms with Crippen molar-refractivity contribution in [2.45, 2.75) is 0 Å². The molecule has 0 atom stereocenters. The van der Waals surface area contributed by atoms with Gasteiger partial charge in [-0.3, -0.25) is 4.90 Å². The van der Waals surface area contributed by atoms with E-state index in [0.717, 1.165) is 17.9 Å². The Morgan fingerprint density at radius 3 is 2.82 bits per heavy atom. The van der Waals surface area contributed by atoms with Crippen LogP contribution in [0.3, 0.4) is 0 Å². The second-order valence-electron chi connectivity index (χ2n) is 4.06. The van der Waals surface area contributed by atoms with Gasteiger partial charge in [-0.15, -0.1) is 0 Å². The van der Waals surface area contributed by atoms with Crippen molar-refractivity contribution in [3.63, 3.8) is 0 Å². The molecule has 3 heteroatoms. The number of thioether (sulfide) groups is 1. The highest BCUT2D eigenvalue weighted by Gasteiger charge is 2.07. The summed E-state index contributed by atoms with van der Waals surface area (Å²) >= 11 is 2.05. The lowest BCUT2D eigenvalue weighted by molar-refractivity contribution is 0.336. The molecule has 1 saturated heterocycles. The molecule has 0 radical (unpaired) electrons. The van der Waals surface area contributed by atoms with Crippen molar-refractivity contribution in [2.75, 3.05) is 38.2 Å². The van der Waals surface area contributed by atoms with Crippen LogP contribution in [0.4, 0.5) is 0 Å². The molecule has 0 saturated carbocycles. The molecule has 1 aromatic carbocycles. The lowest BCUT2D eigenvalue weighted by atomic mass is 10.2. The monoisotopic (exact) mass is 249 g/mol. The zero-order valence-corrected chi connectivity index (χ0v) is 11.1. The van der Waals surface area contributed by atoms with Crippen LogP contribution in [0.2, 0.25) is 0 Å². The summed E-state index contributed by atoms with van der Waals surface area (Å²) in [5.41, 5.74) is 1.15. The third-order valence-electron chi connectivity index (χ3n) is 2.90. The van der Waals surface area contributed by atoms with E-state index in [9.17, 15) is 0 Å². The summed E-state index contributed by atoms with van der Waals surface area (Å²) in [5.74, 6) is 3.48. The fourth-order valence-electron chi connectivity index (χ4n) is 1.92. The number of rotatable bonds is 4. The van der Waals surface area contributed by atoms with Crippen molar-refractivity contribution in [1.82, 2.24) is 4.90 Å². The van der Waals surface area contributed by atoms with Crippen LogP contribution in [0.25, 0.3) is 6.08 Å². The number of benzene rings is 1. The number of ether oxygens (including phenoxy) is 1. The summed E-state index contributed by atoms with van der Waals surface area (Å²) in [6.07, 6.45) is 4.38. The van der Waals surface area contributed by atoms with Gasteiger partial charge in [0.25, 0.3) is 0 Å². The maximum absolute atomic E-state index is 5.32. The van der Waals surface area contributed by atoms with Crippen LogP contribution >= 0.6 is 11.8 Å². The van der Waals surface area contributed by atoms with Crippen molar-refractivity contribution in [2.24, 2.45) is 0 Å². The third-order valence-corrected chi connectivity index (χ3v) is 3.85. The van der Waals surface area contributed by atoms with Crippen molar-refractivity contribution in [3.05, 3.63) is 35.9 Å². The minimum absolute atomic E-state index is 0.943. The molecule has 0 amide bonds. The maximum Gasteiger partial charge on any atom is 0.126 e. The first-order valence-corrected chi connectivity index (χ1v) is 7.15. The lowest BCUT2D eigenvalue weighted by Crippen LogP contribution is -2.32. The van der Waals surface area contributed by atoms with E-state index in [1.165, 1.54) is 24.6 Å². The van der Waals surface area contributed by atoms with E-state index in [4.69, 9.17) is 4.74 Å². The zero-order chi connectivity index (χ0) is 11.9. The molecular formula is C14H19NOS. The van der Waals surface area contributed by atoms with Crippen LogP contribution in [-0.2, 0) is 0 Å². The molecule has 0 bridgehead atoms. The Balaban J connectivity index is 1.90. The second-order valence-corrected chi connectivity index (χ2v) is 5.28. The fourth-order valence-corrected chi connectivity index (χ4v) is 2.90. The molecular weight excluding hydrogens is 230 g/mol. The Kier molecular flexibility index (Phi) is 4.95. The molecule has 1 aromatic rings. The zero-order valence-electron chi connectivity index (χ0n) is 10.3. The molecule has 0 unspecified atom stereocenters. The summed E-state index contributed by atoms with van der Waals surface area (Å²) in [6.45, 7) is 3.46. The molecule has 1 fully saturated rings. The summed E-state index contributed by atoms with van der Waals surface area (Å²) in [4.78, 5) is 2.49. The third kappa shape index (κ3) is 3.79. The van der Waals surface area contributed by atoms with Crippen LogP contribution in [0.5, 0.6) is 5.75 Å². The van der Waals surface area contributed by atoms with Crippen LogP contribution in [0.15, 0.2) is 30.3 Å². The minimum Gasteiger partial charge on any atom is -0.496 e. The molecule has 0 N–H and O–H groups in total. The quantitative estimate of drug-likeness (QED) is 0.814. The molecule has 1 aliphatic rings. The van der Waals surface area contributed by atoms with Gasteiger partial charge in [-0.1, -0.05) is 30.4 Å². The molecule has 2 nitrogen and oxygen atoms in total. The summed E-state index contributed by atoms with van der Waals surface area (Å²) in [5, 5.41) is 0. The molecule has 0 spiro atoms. The van der Waals surface area contributed by atoms with Gasteiger partial charge in [0.05, 0.1) is 7.11 Å². The van der Waals surface area contributed by atoms with Crippen LogP contribution in [0, 0.1) is 0 Å². The lowest BCUT2D eigenvalue weighted by Gasteiger charge is -2.24. The van der Waals surface area contributed by atoms with E-state index in [1.807, 2.05) is 30.0 Å². The Labute approximate surface area is 108 Å². The normalized spacial score (nSPS) is 17.5. The molecule has 1 heterocycles.